The van der Waals surface area contributed by atoms with Gasteiger partial charge in [-0.3, -0.25) is 0 Å². The van der Waals surface area contributed by atoms with Crippen LogP contribution >= 0.6 is 0 Å². The molecule has 0 amide bonds. The van der Waals surface area contributed by atoms with Crippen molar-refractivity contribution in [1.29, 1.82) is 0 Å². The van der Waals surface area contributed by atoms with Crippen molar-refractivity contribution in [2.45, 2.75) is 44.8 Å². The van der Waals surface area contributed by atoms with E-state index in [9.17, 15) is 10.2 Å². The molecule has 70 valence electrons. The average Bonchev–Trinajstić information content (AvgIpc) is 1.97. The van der Waals surface area contributed by atoms with E-state index < -0.39 is 11.7 Å². The van der Waals surface area contributed by atoms with E-state index in [-0.39, 0.29) is 5.92 Å². The number of rotatable bonds is 1. The average molecular weight is 170 g/mol. The molecule has 0 aromatic carbocycles. The standard InChI is InChI=1S/C10H18O2/c1-7(2)10(12)5-4-8(3)9(11)6-10/h7,9,11-12H,3-6H2,1-2H3/t9-,10-/m1/s1. The Morgan fingerprint density at radius 3 is 2.58 bits per heavy atom. The topological polar surface area (TPSA) is 40.5 Å². The maximum atomic E-state index is 10.0. The molecular weight excluding hydrogens is 152 g/mol. The lowest BCUT2D eigenvalue weighted by Crippen LogP contribution is -2.42. The highest BCUT2D eigenvalue weighted by Crippen LogP contribution is 2.36. The largest absolute Gasteiger partial charge is 0.389 e. The summed E-state index contributed by atoms with van der Waals surface area (Å²) in [6.07, 6.45) is 1.42. The molecule has 1 aliphatic rings. The van der Waals surface area contributed by atoms with E-state index in [1.807, 2.05) is 13.8 Å². The zero-order valence-corrected chi connectivity index (χ0v) is 7.88. The minimum Gasteiger partial charge on any atom is -0.389 e. The van der Waals surface area contributed by atoms with Crippen molar-refractivity contribution in [3.8, 4) is 0 Å². The van der Waals surface area contributed by atoms with Crippen molar-refractivity contribution in [1.82, 2.24) is 0 Å². The molecule has 12 heavy (non-hydrogen) atoms. The third kappa shape index (κ3) is 1.70. The van der Waals surface area contributed by atoms with Gasteiger partial charge in [0.1, 0.15) is 0 Å². The van der Waals surface area contributed by atoms with Crippen molar-refractivity contribution < 1.29 is 10.2 Å². The second-order valence-electron chi connectivity index (χ2n) is 4.14. The van der Waals surface area contributed by atoms with E-state index in [1.165, 1.54) is 0 Å². The summed E-state index contributed by atoms with van der Waals surface area (Å²) in [4.78, 5) is 0. The van der Waals surface area contributed by atoms with Gasteiger partial charge in [-0.05, 0) is 24.3 Å². The molecule has 1 fully saturated rings. The Balaban J connectivity index is 2.66. The van der Waals surface area contributed by atoms with Gasteiger partial charge in [-0.1, -0.05) is 20.4 Å². The van der Waals surface area contributed by atoms with Gasteiger partial charge in [-0.2, -0.15) is 0 Å². The van der Waals surface area contributed by atoms with Gasteiger partial charge < -0.3 is 10.2 Å². The number of aliphatic hydroxyl groups is 2. The number of hydrogen-bond donors (Lipinski definition) is 2. The molecule has 0 unspecified atom stereocenters. The minimum atomic E-state index is -0.680. The van der Waals surface area contributed by atoms with Crippen LogP contribution in [0.25, 0.3) is 0 Å². The molecule has 0 aromatic rings. The Morgan fingerprint density at radius 2 is 2.17 bits per heavy atom. The normalized spacial score (nSPS) is 37.4. The molecule has 1 saturated carbocycles. The van der Waals surface area contributed by atoms with Crippen molar-refractivity contribution in [2.24, 2.45) is 5.92 Å². The van der Waals surface area contributed by atoms with Crippen molar-refractivity contribution in [2.75, 3.05) is 0 Å². The van der Waals surface area contributed by atoms with Crippen LogP contribution in [-0.4, -0.2) is 21.9 Å². The van der Waals surface area contributed by atoms with Crippen molar-refractivity contribution in [3.63, 3.8) is 0 Å². The molecule has 1 aliphatic carbocycles. The molecule has 0 spiro atoms. The van der Waals surface area contributed by atoms with Gasteiger partial charge in [0.15, 0.2) is 0 Å². The monoisotopic (exact) mass is 170 g/mol. The Kier molecular flexibility index (Phi) is 2.59. The van der Waals surface area contributed by atoms with Crippen LogP contribution in [0.15, 0.2) is 12.2 Å². The Hall–Kier alpha value is -0.340. The molecule has 0 aliphatic heterocycles. The lowest BCUT2D eigenvalue weighted by Gasteiger charge is -2.39. The Bertz CT molecular complexity index is 186. The molecule has 0 bridgehead atoms. The van der Waals surface area contributed by atoms with Crippen LogP contribution in [-0.2, 0) is 0 Å². The first-order valence-electron chi connectivity index (χ1n) is 4.54. The number of hydrogen-bond acceptors (Lipinski definition) is 2. The summed E-state index contributed by atoms with van der Waals surface area (Å²) in [6.45, 7) is 7.73. The summed E-state index contributed by atoms with van der Waals surface area (Å²) >= 11 is 0. The molecule has 2 atom stereocenters. The molecule has 0 saturated heterocycles. The van der Waals surface area contributed by atoms with Crippen LogP contribution in [0.5, 0.6) is 0 Å². The van der Waals surface area contributed by atoms with Gasteiger partial charge in [0.2, 0.25) is 0 Å². The van der Waals surface area contributed by atoms with E-state index in [0.717, 1.165) is 18.4 Å². The summed E-state index contributed by atoms with van der Waals surface area (Å²) in [5.41, 5.74) is 0.181. The SMILES string of the molecule is C=C1CC[C@](O)(C(C)C)C[C@H]1O. The van der Waals surface area contributed by atoms with Gasteiger partial charge in [-0.25, -0.2) is 0 Å². The Morgan fingerprint density at radius 1 is 1.58 bits per heavy atom. The summed E-state index contributed by atoms with van der Waals surface area (Å²) in [6, 6.07) is 0. The van der Waals surface area contributed by atoms with E-state index in [1.54, 1.807) is 0 Å². The molecule has 0 heterocycles. The van der Waals surface area contributed by atoms with E-state index in [4.69, 9.17) is 0 Å². The van der Waals surface area contributed by atoms with Crippen LogP contribution in [0.2, 0.25) is 0 Å². The highest BCUT2D eigenvalue weighted by Gasteiger charge is 2.37. The fourth-order valence-corrected chi connectivity index (χ4v) is 1.65. The molecule has 1 rings (SSSR count). The predicted molar refractivity (Wildman–Crippen MR) is 48.8 cm³/mol. The van der Waals surface area contributed by atoms with Crippen molar-refractivity contribution in [3.05, 3.63) is 12.2 Å². The van der Waals surface area contributed by atoms with E-state index in [0.29, 0.717) is 6.42 Å². The molecule has 2 N–H and O–H groups in total. The first-order valence-corrected chi connectivity index (χ1v) is 4.54. The highest BCUT2D eigenvalue weighted by atomic mass is 16.3. The van der Waals surface area contributed by atoms with Crippen LogP contribution in [0.1, 0.15) is 33.1 Å². The van der Waals surface area contributed by atoms with Crippen LogP contribution in [0.3, 0.4) is 0 Å². The summed E-state index contributed by atoms with van der Waals surface area (Å²) in [5, 5.41) is 19.5. The van der Waals surface area contributed by atoms with E-state index in [2.05, 4.69) is 6.58 Å². The lowest BCUT2D eigenvalue weighted by molar-refractivity contribution is -0.0594. The molecule has 0 radical (unpaired) electrons. The molecule has 2 heteroatoms. The van der Waals surface area contributed by atoms with Crippen LogP contribution < -0.4 is 0 Å². The summed E-state index contributed by atoms with van der Waals surface area (Å²) < 4.78 is 0. The first kappa shape index (κ1) is 9.75. The first-order chi connectivity index (χ1) is 5.46. The minimum absolute atomic E-state index is 0.209. The van der Waals surface area contributed by atoms with Crippen LogP contribution in [0.4, 0.5) is 0 Å². The lowest BCUT2D eigenvalue weighted by atomic mass is 9.74. The quantitative estimate of drug-likeness (QED) is 0.585. The van der Waals surface area contributed by atoms with E-state index >= 15 is 0 Å². The smallest absolute Gasteiger partial charge is 0.0775 e. The maximum Gasteiger partial charge on any atom is 0.0775 e. The highest BCUT2D eigenvalue weighted by molar-refractivity contribution is 5.10. The second-order valence-corrected chi connectivity index (χ2v) is 4.14. The summed E-state index contributed by atoms with van der Waals surface area (Å²) in [7, 11) is 0. The predicted octanol–water partition coefficient (Wildman–Crippen LogP) is 1.47. The molecule has 0 aromatic heterocycles. The maximum absolute atomic E-state index is 10.0. The fraction of sp³-hybridized carbons (Fsp3) is 0.800. The van der Waals surface area contributed by atoms with Crippen LogP contribution in [0, 0.1) is 5.92 Å². The molecule has 2 nitrogen and oxygen atoms in total. The van der Waals surface area contributed by atoms with Gasteiger partial charge in [0.05, 0.1) is 11.7 Å². The van der Waals surface area contributed by atoms with Gasteiger partial charge in [0, 0.05) is 6.42 Å². The van der Waals surface area contributed by atoms with Gasteiger partial charge in [0.25, 0.3) is 0 Å². The zero-order chi connectivity index (χ0) is 9.35. The van der Waals surface area contributed by atoms with Gasteiger partial charge in [-0.15, -0.1) is 0 Å². The second kappa shape index (κ2) is 3.19. The third-order valence-corrected chi connectivity index (χ3v) is 2.97. The Labute approximate surface area is 73.9 Å². The van der Waals surface area contributed by atoms with Crippen molar-refractivity contribution >= 4 is 0 Å². The van der Waals surface area contributed by atoms with Gasteiger partial charge >= 0.3 is 0 Å². The molecular formula is C10H18O2. The third-order valence-electron chi connectivity index (χ3n) is 2.97. The summed E-state index contributed by atoms with van der Waals surface area (Å²) in [5.74, 6) is 0.209. The number of aliphatic hydroxyl groups excluding tert-OH is 1. The zero-order valence-electron chi connectivity index (χ0n) is 7.88. The fourth-order valence-electron chi connectivity index (χ4n) is 1.65.